The number of anilines is 2. The van der Waals surface area contributed by atoms with Crippen molar-refractivity contribution in [3.63, 3.8) is 0 Å². The Bertz CT molecular complexity index is 945. The van der Waals surface area contributed by atoms with Crippen LogP contribution in [0, 0.1) is 6.92 Å². The highest BCUT2D eigenvalue weighted by atomic mass is 16.2. The molecule has 6 nitrogen and oxygen atoms in total. The van der Waals surface area contributed by atoms with Gasteiger partial charge in [0.1, 0.15) is 5.82 Å². The highest BCUT2D eigenvalue weighted by Gasteiger charge is 2.24. The van der Waals surface area contributed by atoms with E-state index in [1.165, 1.54) is 5.56 Å². The third-order valence-corrected chi connectivity index (χ3v) is 5.47. The summed E-state index contributed by atoms with van der Waals surface area (Å²) < 4.78 is 0. The molecule has 0 atom stereocenters. The summed E-state index contributed by atoms with van der Waals surface area (Å²) in [6, 6.07) is 18.2. The normalized spacial score (nSPS) is 14.7. The van der Waals surface area contributed by atoms with Gasteiger partial charge in [0.2, 0.25) is 5.91 Å². The molecule has 0 radical (unpaired) electrons. The van der Waals surface area contributed by atoms with Crippen molar-refractivity contribution in [3.8, 4) is 0 Å². The van der Waals surface area contributed by atoms with Gasteiger partial charge < -0.3 is 10.2 Å². The van der Waals surface area contributed by atoms with E-state index in [0.29, 0.717) is 12.3 Å². The number of likely N-dealkylation sites (tertiary alicyclic amines) is 1. The van der Waals surface area contributed by atoms with Crippen LogP contribution in [0.5, 0.6) is 0 Å². The second-order valence-corrected chi connectivity index (χ2v) is 7.65. The van der Waals surface area contributed by atoms with Gasteiger partial charge in [-0.25, -0.2) is 4.98 Å². The number of nitrogens with one attached hydrogen (secondary N) is 2. The number of aromatic amines is 1. The van der Waals surface area contributed by atoms with Crippen molar-refractivity contribution in [2.24, 2.45) is 0 Å². The molecule has 4 rings (SSSR count). The highest BCUT2D eigenvalue weighted by Crippen LogP contribution is 2.28. The first-order chi connectivity index (χ1) is 14.2. The average molecular weight is 390 g/mol. The van der Waals surface area contributed by atoms with Gasteiger partial charge in [0.25, 0.3) is 0 Å². The van der Waals surface area contributed by atoms with Crippen LogP contribution < -0.4 is 5.32 Å². The minimum absolute atomic E-state index is 0.254. The number of carbonyl (C=O) groups excluding carboxylic acids is 1. The Morgan fingerprint density at radius 2 is 1.90 bits per heavy atom. The molecule has 2 N–H and O–H groups in total. The van der Waals surface area contributed by atoms with Crippen LogP contribution in [0.25, 0.3) is 0 Å². The van der Waals surface area contributed by atoms with Crippen molar-refractivity contribution in [1.29, 1.82) is 0 Å². The third kappa shape index (κ3) is 5.02. The molecule has 3 heterocycles. The summed E-state index contributed by atoms with van der Waals surface area (Å²) in [6.07, 6.45) is 3.29. The van der Waals surface area contributed by atoms with Gasteiger partial charge >= 0.3 is 0 Å². The number of rotatable bonds is 6. The lowest BCUT2D eigenvalue weighted by Gasteiger charge is -2.32. The molecule has 0 spiro atoms. The number of hydrogen-bond donors (Lipinski definition) is 2. The lowest BCUT2D eigenvalue weighted by atomic mass is 9.92. The second-order valence-electron chi connectivity index (χ2n) is 7.65. The number of amides is 1. The number of hydrogen-bond acceptors (Lipinski definition) is 4. The van der Waals surface area contributed by atoms with E-state index in [2.05, 4.69) is 33.7 Å². The fourth-order valence-electron chi connectivity index (χ4n) is 3.84. The molecule has 1 aliphatic rings. The third-order valence-electron chi connectivity index (χ3n) is 5.47. The fourth-order valence-corrected chi connectivity index (χ4v) is 3.84. The van der Waals surface area contributed by atoms with Crippen LogP contribution in [0.1, 0.15) is 42.1 Å². The number of pyridine rings is 1. The van der Waals surface area contributed by atoms with E-state index in [-0.39, 0.29) is 5.91 Å². The minimum Gasteiger partial charge on any atom is -0.343 e. The molecule has 0 aliphatic carbocycles. The highest BCUT2D eigenvalue weighted by molar-refractivity contribution is 5.76. The van der Waals surface area contributed by atoms with E-state index in [1.807, 2.05) is 48.2 Å². The molecular weight excluding hydrogens is 362 g/mol. The summed E-state index contributed by atoms with van der Waals surface area (Å²) in [5.74, 6) is 2.21. The van der Waals surface area contributed by atoms with Crippen molar-refractivity contribution in [1.82, 2.24) is 20.1 Å². The van der Waals surface area contributed by atoms with Gasteiger partial charge in [0, 0.05) is 42.9 Å². The number of nitrogens with zero attached hydrogens (tertiary/aromatic N) is 3. The van der Waals surface area contributed by atoms with E-state index in [4.69, 9.17) is 4.98 Å². The van der Waals surface area contributed by atoms with Crippen molar-refractivity contribution in [3.05, 3.63) is 71.5 Å². The molecule has 1 aromatic carbocycles. The number of H-pyrrole nitrogens is 1. The van der Waals surface area contributed by atoms with E-state index in [1.54, 1.807) is 0 Å². The Morgan fingerprint density at radius 3 is 2.62 bits per heavy atom. The van der Waals surface area contributed by atoms with Crippen LogP contribution in [0.2, 0.25) is 0 Å². The van der Waals surface area contributed by atoms with Gasteiger partial charge in [-0.3, -0.25) is 9.89 Å². The predicted octanol–water partition coefficient (Wildman–Crippen LogP) is 4.20. The largest absolute Gasteiger partial charge is 0.343 e. The summed E-state index contributed by atoms with van der Waals surface area (Å²) in [4.78, 5) is 19.4. The Morgan fingerprint density at radius 1 is 1.10 bits per heavy atom. The van der Waals surface area contributed by atoms with Crippen LogP contribution in [0.3, 0.4) is 0 Å². The Balaban J connectivity index is 1.30. The first kappa shape index (κ1) is 19.2. The second kappa shape index (κ2) is 8.90. The molecule has 150 valence electrons. The zero-order valence-electron chi connectivity index (χ0n) is 16.8. The summed E-state index contributed by atoms with van der Waals surface area (Å²) in [6.45, 7) is 3.57. The lowest BCUT2D eigenvalue weighted by molar-refractivity contribution is -0.132. The first-order valence-electron chi connectivity index (χ1n) is 10.2. The molecule has 1 saturated heterocycles. The van der Waals surface area contributed by atoms with E-state index >= 15 is 0 Å². The van der Waals surface area contributed by atoms with Crippen LogP contribution in [-0.4, -0.2) is 39.1 Å². The molecule has 2 aromatic heterocycles. The monoisotopic (exact) mass is 389 g/mol. The van der Waals surface area contributed by atoms with Crippen LogP contribution in [-0.2, 0) is 11.2 Å². The minimum atomic E-state index is 0.254. The van der Waals surface area contributed by atoms with Gasteiger partial charge in [-0.2, -0.15) is 5.10 Å². The number of aryl methyl sites for hydroxylation is 2. The number of benzene rings is 1. The molecule has 6 heteroatoms. The van der Waals surface area contributed by atoms with E-state index in [9.17, 15) is 4.79 Å². The lowest BCUT2D eigenvalue weighted by Crippen LogP contribution is -2.38. The summed E-state index contributed by atoms with van der Waals surface area (Å²) >= 11 is 0. The smallest absolute Gasteiger partial charge is 0.222 e. The maximum Gasteiger partial charge on any atom is 0.222 e. The summed E-state index contributed by atoms with van der Waals surface area (Å²) in [7, 11) is 0. The Kier molecular flexibility index (Phi) is 5.89. The average Bonchev–Trinajstić information content (AvgIpc) is 3.17. The SMILES string of the molecule is Cc1cc(Nc2cccc(C3CCN(C(=O)CCc4ccccc4)CC3)n2)n[nH]1. The van der Waals surface area contributed by atoms with Crippen molar-refractivity contribution in [2.75, 3.05) is 18.4 Å². The van der Waals surface area contributed by atoms with Crippen LogP contribution in [0.4, 0.5) is 11.6 Å². The zero-order valence-corrected chi connectivity index (χ0v) is 16.8. The number of piperidine rings is 1. The Hall–Kier alpha value is -3.15. The van der Waals surface area contributed by atoms with Gasteiger partial charge in [-0.15, -0.1) is 0 Å². The molecule has 1 aliphatic heterocycles. The first-order valence-corrected chi connectivity index (χ1v) is 10.2. The molecule has 0 bridgehead atoms. The summed E-state index contributed by atoms with van der Waals surface area (Å²) in [5.41, 5.74) is 3.31. The van der Waals surface area contributed by atoms with Gasteiger partial charge in [0.15, 0.2) is 5.82 Å². The standard InChI is InChI=1S/C23H27N5O/c1-17-16-22(27-26-17)25-21-9-5-8-20(24-21)19-12-14-28(15-13-19)23(29)11-10-18-6-3-2-4-7-18/h2-9,16,19H,10-15H2,1H3,(H2,24,25,26,27). The zero-order chi connectivity index (χ0) is 20.1. The molecule has 29 heavy (non-hydrogen) atoms. The maximum atomic E-state index is 12.6. The van der Waals surface area contributed by atoms with Gasteiger partial charge in [0.05, 0.1) is 0 Å². The topological polar surface area (TPSA) is 73.9 Å². The van der Waals surface area contributed by atoms with Crippen LogP contribution in [0.15, 0.2) is 54.6 Å². The van der Waals surface area contributed by atoms with Gasteiger partial charge in [-0.1, -0.05) is 36.4 Å². The molecule has 0 saturated carbocycles. The van der Waals surface area contributed by atoms with E-state index in [0.717, 1.165) is 55.4 Å². The van der Waals surface area contributed by atoms with Crippen molar-refractivity contribution in [2.45, 2.75) is 38.5 Å². The molecule has 0 unspecified atom stereocenters. The van der Waals surface area contributed by atoms with Crippen molar-refractivity contribution < 1.29 is 4.79 Å². The molecule has 3 aromatic rings. The predicted molar refractivity (Wildman–Crippen MR) is 114 cm³/mol. The quantitative estimate of drug-likeness (QED) is 0.663. The number of carbonyl (C=O) groups is 1. The maximum absolute atomic E-state index is 12.6. The number of aromatic nitrogens is 3. The molecule has 1 fully saturated rings. The molecule has 1 amide bonds. The van der Waals surface area contributed by atoms with Crippen molar-refractivity contribution >= 4 is 17.5 Å². The van der Waals surface area contributed by atoms with Gasteiger partial charge in [-0.05, 0) is 43.9 Å². The Labute approximate surface area is 171 Å². The molecular formula is C23H27N5O. The summed E-state index contributed by atoms with van der Waals surface area (Å²) in [5, 5.41) is 10.4. The van der Waals surface area contributed by atoms with Crippen LogP contribution >= 0.6 is 0 Å². The van der Waals surface area contributed by atoms with E-state index < -0.39 is 0 Å². The fraction of sp³-hybridized carbons (Fsp3) is 0.348.